The Kier molecular flexibility index (Phi) is 5.67. The summed E-state index contributed by atoms with van der Waals surface area (Å²) in [5.41, 5.74) is 0.570. The van der Waals surface area contributed by atoms with Gasteiger partial charge in [0.15, 0.2) is 0 Å². The quantitative estimate of drug-likeness (QED) is 0.866. The minimum absolute atomic E-state index is 0.138. The lowest BCUT2D eigenvalue weighted by atomic mass is 10.0. The standard InChI is InChI=1S/C15H20FNO4/c1-2-20-10-13-9-17(7-8-21-13)14(15(18)19)11-3-5-12(16)6-4-11/h3-6,13-14H,2,7-10H2,1H3,(H,18,19). The predicted molar refractivity (Wildman–Crippen MR) is 74.6 cm³/mol. The molecule has 21 heavy (non-hydrogen) atoms. The molecular formula is C15H20FNO4. The molecule has 1 N–H and O–H groups in total. The topological polar surface area (TPSA) is 59.0 Å². The number of carboxylic acids is 1. The van der Waals surface area contributed by atoms with Gasteiger partial charge in [0.1, 0.15) is 11.9 Å². The summed E-state index contributed by atoms with van der Waals surface area (Å²) < 4.78 is 23.9. The fraction of sp³-hybridized carbons (Fsp3) is 0.533. The molecule has 1 saturated heterocycles. The van der Waals surface area contributed by atoms with Gasteiger partial charge >= 0.3 is 5.97 Å². The Hall–Kier alpha value is -1.50. The maximum atomic E-state index is 13.0. The van der Waals surface area contributed by atoms with Crippen molar-refractivity contribution in [3.63, 3.8) is 0 Å². The van der Waals surface area contributed by atoms with Crippen molar-refractivity contribution in [2.24, 2.45) is 0 Å². The van der Waals surface area contributed by atoms with Crippen LogP contribution in [0.15, 0.2) is 24.3 Å². The van der Waals surface area contributed by atoms with E-state index in [0.29, 0.717) is 38.5 Å². The average Bonchev–Trinajstić information content (AvgIpc) is 2.47. The summed E-state index contributed by atoms with van der Waals surface area (Å²) in [4.78, 5) is 13.4. The minimum Gasteiger partial charge on any atom is -0.480 e. The zero-order chi connectivity index (χ0) is 15.2. The molecule has 0 aromatic heterocycles. The van der Waals surface area contributed by atoms with Crippen LogP contribution in [0.25, 0.3) is 0 Å². The van der Waals surface area contributed by atoms with Crippen molar-refractivity contribution in [1.29, 1.82) is 0 Å². The monoisotopic (exact) mass is 297 g/mol. The third-order valence-electron chi connectivity index (χ3n) is 3.46. The number of carboxylic acid groups (broad SMARTS) is 1. The van der Waals surface area contributed by atoms with E-state index in [4.69, 9.17) is 9.47 Å². The third-order valence-corrected chi connectivity index (χ3v) is 3.46. The molecule has 1 aromatic rings. The zero-order valence-corrected chi connectivity index (χ0v) is 12.0. The molecule has 1 heterocycles. The van der Waals surface area contributed by atoms with Crippen molar-refractivity contribution in [2.45, 2.75) is 19.1 Å². The molecule has 0 aliphatic carbocycles. The summed E-state index contributed by atoms with van der Waals surface area (Å²) in [6.45, 7) is 4.41. The molecule has 1 aromatic carbocycles. The lowest BCUT2D eigenvalue weighted by Crippen LogP contribution is -2.47. The second-order valence-corrected chi connectivity index (χ2v) is 4.94. The van der Waals surface area contributed by atoms with E-state index < -0.39 is 12.0 Å². The van der Waals surface area contributed by atoms with Crippen molar-refractivity contribution < 1.29 is 23.8 Å². The van der Waals surface area contributed by atoms with Crippen LogP contribution in [0.4, 0.5) is 4.39 Å². The van der Waals surface area contributed by atoms with Crippen LogP contribution in [0.2, 0.25) is 0 Å². The van der Waals surface area contributed by atoms with Gasteiger partial charge in [-0.2, -0.15) is 0 Å². The number of halogens is 1. The molecule has 1 aliphatic rings. The van der Waals surface area contributed by atoms with E-state index in [1.165, 1.54) is 24.3 Å². The van der Waals surface area contributed by atoms with Crippen LogP contribution in [-0.2, 0) is 14.3 Å². The summed E-state index contributed by atoms with van der Waals surface area (Å²) in [6, 6.07) is 4.80. The lowest BCUT2D eigenvalue weighted by molar-refractivity contribution is -0.148. The molecule has 6 heteroatoms. The van der Waals surface area contributed by atoms with E-state index in [-0.39, 0.29) is 11.9 Å². The predicted octanol–water partition coefficient (Wildman–Crippen LogP) is 1.69. The van der Waals surface area contributed by atoms with Crippen LogP contribution in [0.5, 0.6) is 0 Å². The SMILES string of the molecule is CCOCC1CN(C(C(=O)O)c2ccc(F)cc2)CCO1. The van der Waals surface area contributed by atoms with E-state index >= 15 is 0 Å². The van der Waals surface area contributed by atoms with E-state index in [9.17, 15) is 14.3 Å². The van der Waals surface area contributed by atoms with Gasteiger partial charge in [-0.05, 0) is 24.6 Å². The van der Waals surface area contributed by atoms with Crippen molar-refractivity contribution >= 4 is 5.97 Å². The van der Waals surface area contributed by atoms with Gasteiger partial charge in [0.2, 0.25) is 0 Å². The Labute approximate surface area is 123 Å². The number of rotatable bonds is 6. The molecule has 0 radical (unpaired) electrons. The summed E-state index contributed by atoms with van der Waals surface area (Å²) in [6.07, 6.45) is -0.138. The van der Waals surface area contributed by atoms with Crippen LogP contribution in [0, 0.1) is 5.82 Å². The van der Waals surface area contributed by atoms with Crippen molar-refractivity contribution in [3.8, 4) is 0 Å². The first-order valence-electron chi connectivity index (χ1n) is 7.03. The van der Waals surface area contributed by atoms with Crippen molar-refractivity contribution in [3.05, 3.63) is 35.6 Å². The Morgan fingerprint density at radius 3 is 2.86 bits per heavy atom. The van der Waals surface area contributed by atoms with E-state index in [0.717, 1.165) is 0 Å². The molecule has 2 rings (SSSR count). The van der Waals surface area contributed by atoms with Crippen LogP contribution < -0.4 is 0 Å². The highest BCUT2D eigenvalue weighted by molar-refractivity contribution is 5.75. The van der Waals surface area contributed by atoms with E-state index in [2.05, 4.69) is 0 Å². The molecule has 5 nitrogen and oxygen atoms in total. The Bertz CT molecular complexity index is 465. The van der Waals surface area contributed by atoms with Crippen LogP contribution >= 0.6 is 0 Å². The van der Waals surface area contributed by atoms with Gasteiger partial charge in [0.05, 0.1) is 19.3 Å². The largest absolute Gasteiger partial charge is 0.480 e. The molecule has 1 aliphatic heterocycles. The number of morpholine rings is 1. The van der Waals surface area contributed by atoms with Crippen LogP contribution in [0.1, 0.15) is 18.5 Å². The number of aliphatic carboxylic acids is 1. The fourth-order valence-electron chi connectivity index (χ4n) is 2.48. The molecule has 0 bridgehead atoms. The molecule has 2 atom stereocenters. The first-order chi connectivity index (χ1) is 10.1. The van der Waals surface area contributed by atoms with Gasteiger partial charge in [-0.25, -0.2) is 4.39 Å². The summed E-state index contributed by atoms with van der Waals surface area (Å²) in [5, 5.41) is 9.50. The van der Waals surface area contributed by atoms with Crippen molar-refractivity contribution in [1.82, 2.24) is 4.90 Å². The number of benzene rings is 1. The number of nitrogens with zero attached hydrogens (tertiary/aromatic N) is 1. The van der Waals surface area contributed by atoms with Gasteiger partial charge in [-0.15, -0.1) is 0 Å². The number of ether oxygens (including phenoxy) is 2. The number of hydrogen-bond donors (Lipinski definition) is 1. The fourth-order valence-corrected chi connectivity index (χ4v) is 2.48. The number of carbonyl (C=O) groups is 1. The maximum Gasteiger partial charge on any atom is 0.325 e. The van der Waals surface area contributed by atoms with Gasteiger partial charge in [-0.1, -0.05) is 12.1 Å². The maximum absolute atomic E-state index is 13.0. The second kappa shape index (κ2) is 7.49. The molecule has 0 spiro atoms. The van der Waals surface area contributed by atoms with Crippen LogP contribution in [0.3, 0.4) is 0 Å². The summed E-state index contributed by atoms with van der Waals surface area (Å²) in [7, 11) is 0. The molecule has 0 saturated carbocycles. The highest BCUT2D eigenvalue weighted by Gasteiger charge is 2.32. The first kappa shape index (κ1) is 15.9. The molecule has 1 fully saturated rings. The molecule has 0 amide bonds. The molecule has 116 valence electrons. The molecule has 2 unspecified atom stereocenters. The van der Waals surface area contributed by atoms with Gasteiger partial charge < -0.3 is 14.6 Å². The van der Waals surface area contributed by atoms with Crippen molar-refractivity contribution in [2.75, 3.05) is 32.9 Å². The summed E-state index contributed by atoms with van der Waals surface area (Å²) in [5.74, 6) is -1.32. The van der Waals surface area contributed by atoms with Gasteiger partial charge in [-0.3, -0.25) is 9.69 Å². The Morgan fingerprint density at radius 2 is 2.24 bits per heavy atom. The third kappa shape index (κ3) is 4.23. The number of hydrogen-bond acceptors (Lipinski definition) is 4. The van der Waals surface area contributed by atoms with Gasteiger partial charge in [0, 0.05) is 19.7 Å². The Morgan fingerprint density at radius 1 is 1.52 bits per heavy atom. The minimum atomic E-state index is -0.946. The van der Waals surface area contributed by atoms with Gasteiger partial charge in [0.25, 0.3) is 0 Å². The summed E-state index contributed by atoms with van der Waals surface area (Å²) >= 11 is 0. The highest BCUT2D eigenvalue weighted by atomic mass is 19.1. The lowest BCUT2D eigenvalue weighted by Gasteiger charge is -2.36. The highest BCUT2D eigenvalue weighted by Crippen LogP contribution is 2.24. The zero-order valence-electron chi connectivity index (χ0n) is 12.0. The molecular weight excluding hydrogens is 277 g/mol. The average molecular weight is 297 g/mol. The van der Waals surface area contributed by atoms with E-state index in [1.807, 2.05) is 11.8 Å². The smallest absolute Gasteiger partial charge is 0.325 e. The Balaban J connectivity index is 2.10. The first-order valence-corrected chi connectivity index (χ1v) is 7.03. The normalized spacial score (nSPS) is 21.1. The second-order valence-electron chi connectivity index (χ2n) is 4.94. The van der Waals surface area contributed by atoms with Crippen LogP contribution in [-0.4, -0.2) is 55.0 Å². The van der Waals surface area contributed by atoms with E-state index in [1.54, 1.807) is 0 Å².